The summed E-state index contributed by atoms with van der Waals surface area (Å²) in [5.74, 6) is 0. The van der Waals surface area contributed by atoms with Crippen molar-refractivity contribution < 1.29 is 140 Å². The maximum absolute atomic E-state index is 12.3. The van der Waals surface area contributed by atoms with Gasteiger partial charge in [-0.25, -0.2) is 27.4 Å². The van der Waals surface area contributed by atoms with Crippen molar-refractivity contribution in [1.82, 2.24) is 10.6 Å². The summed E-state index contributed by atoms with van der Waals surface area (Å²) in [5.41, 5.74) is 0. The average molecular weight is 1060 g/mol. The van der Waals surface area contributed by atoms with Gasteiger partial charge in [-0.3, -0.25) is 69.5 Å². The number of aliphatic hydroxyl groups excluding tert-OH is 1. The summed E-state index contributed by atoms with van der Waals surface area (Å²) in [7, 11) is -29.9. The molecule has 9 unspecified atom stereocenters. The molecule has 0 aliphatic carbocycles. The lowest BCUT2D eigenvalue weighted by Crippen LogP contribution is -2.23. The molecule has 0 aliphatic heterocycles. The second kappa shape index (κ2) is 32.4. The van der Waals surface area contributed by atoms with E-state index < -0.39 is 146 Å². The molecule has 9 atom stereocenters. The number of nitrogens with one attached hydrogen (secondary N) is 2. The van der Waals surface area contributed by atoms with Gasteiger partial charge in [0.25, 0.3) is 0 Å². The molecule has 0 rings (SSSR count). The zero-order chi connectivity index (χ0) is 47.4. The molecule has 39 heteroatoms. The second-order valence-corrected chi connectivity index (χ2v) is 21.8. The zero-order valence-electron chi connectivity index (χ0n) is 33.6. The monoisotopic (exact) mass is 1060 g/mol. The lowest BCUT2D eigenvalue weighted by molar-refractivity contribution is 0.0236. The van der Waals surface area contributed by atoms with E-state index in [9.17, 15) is 66.4 Å². The van der Waals surface area contributed by atoms with Crippen LogP contribution in [0.25, 0.3) is 0 Å². The fraction of sp³-hybridized carbons (Fsp3) is 1.00. The predicted molar refractivity (Wildman–Crippen MR) is 206 cm³/mol. The topological polar surface area (TPSA) is 444 Å². The van der Waals surface area contributed by atoms with Crippen LogP contribution >= 0.6 is 54.5 Å². The van der Waals surface area contributed by atoms with E-state index in [2.05, 4.69) is 55.9 Å². The first kappa shape index (κ1) is 62.6. The molecule has 0 bridgehead atoms. The standard InChI is InChI=1S/C23H57N2O30P7/c1-24-20-41-6-4-22(18-26)54-61(37,38)52-17-16-49-59(33,34)47-13-12-45-57(29,30)44-10-11-46-58(31,32)48-14-15-50-60(35,36)53-19-23(5-7-42-21-25-2)55-62(39,40)51-9-8-43-56(3,27)28/h22-26H,4-21H2,1-3H3,(H,27,28)(H,29,30)(H,31,32)(H,33,34)(H,35,36)(H,37,38)(H,39,40). The van der Waals surface area contributed by atoms with Crippen LogP contribution < -0.4 is 10.6 Å². The maximum Gasteiger partial charge on any atom is 0.472 e. The molecule has 62 heavy (non-hydrogen) atoms. The van der Waals surface area contributed by atoms with E-state index in [0.717, 1.165) is 6.66 Å². The first-order valence-electron chi connectivity index (χ1n) is 17.5. The van der Waals surface area contributed by atoms with Gasteiger partial charge in [0.15, 0.2) is 0 Å². The van der Waals surface area contributed by atoms with Gasteiger partial charge in [0.1, 0.15) is 0 Å². The Hall–Kier alpha value is 0.610. The number of hydrogen-bond acceptors (Lipinski definition) is 25. The number of ether oxygens (including phenoxy) is 2. The van der Waals surface area contributed by atoms with Gasteiger partial charge < -0.3 is 53.4 Å². The average Bonchev–Trinajstić information content (AvgIpc) is 3.15. The minimum absolute atomic E-state index is 0.0369. The Morgan fingerprint density at radius 2 is 0.677 bits per heavy atom. The van der Waals surface area contributed by atoms with E-state index in [-0.39, 0.29) is 39.5 Å². The Balaban J connectivity index is 4.52. The minimum Gasteiger partial charge on any atom is -0.394 e. The van der Waals surface area contributed by atoms with E-state index in [0.29, 0.717) is 0 Å². The van der Waals surface area contributed by atoms with Crippen molar-refractivity contribution in [2.75, 3.05) is 127 Å². The summed E-state index contributed by atoms with van der Waals surface area (Å²) < 4.78 is 154. The van der Waals surface area contributed by atoms with Crippen LogP contribution in [0, 0.1) is 0 Å². The molecule has 0 aromatic heterocycles. The van der Waals surface area contributed by atoms with Gasteiger partial charge in [-0.2, -0.15) is 0 Å². The van der Waals surface area contributed by atoms with Crippen LogP contribution in [-0.4, -0.2) is 178 Å². The Bertz CT molecular complexity index is 1560. The summed E-state index contributed by atoms with van der Waals surface area (Å²) in [5, 5.41) is 14.6. The SMILES string of the molecule is CNCOCCC(CO)OP(=O)(O)OCCOP(=O)(O)OCCOP(=O)(O)OCCOP(=O)(O)OCCOP(=O)(O)OCC(CCOCNC)OP(=O)(O)OCCOP(C)(=O)O. The molecule has 0 aliphatic rings. The number of phosphoric acid groups is 6. The largest absolute Gasteiger partial charge is 0.472 e. The predicted octanol–water partition coefficient (Wildman–Crippen LogP) is 0.517. The molecule has 10 N–H and O–H groups in total. The molecular formula is C23H57N2O30P7. The van der Waals surface area contributed by atoms with E-state index in [1.807, 2.05) is 0 Å². The van der Waals surface area contributed by atoms with Gasteiger partial charge in [-0.1, -0.05) is 0 Å². The summed E-state index contributed by atoms with van der Waals surface area (Å²) in [6.07, 6.45) is -2.68. The summed E-state index contributed by atoms with van der Waals surface area (Å²) in [6, 6.07) is 0. The molecule has 0 aromatic rings. The van der Waals surface area contributed by atoms with Crippen molar-refractivity contribution in [2.45, 2.75) is 25.0 Å². The van der Waals surface area contributed by atoms with Gasteiger partial charge >= 0.3 is 54.5 Å². The van der Waals surface area contributed by atoms with Gasteiger partial charge in [-0.05, 0) is 26.9 Å². The summed E-state index contributed by atoms with van der Waals surface area (Å²) >= 11 is 0. The fourth-order valence-corrected chi connectivity index (χ4v) is 8.49. The molecule has 0 aromatic carbocycles. The molecule has 0 saturated carbocycles. The third-order valence-electron chi connectivity index (χ3n) is 5.89. The zero-order valence-corrected chi connectivity index (χ0v) is 39.8. The van der Waals surface area contributed by atoms with E-state index in [1.54, 1.807) is 14.1 Å². The highest BCUT2D eigenvalue weighted by Gasteiger charge is 2.32. The molecule has 0 heterocycles. The highest BCUT2D eigenvalue weighted by Crippen LogP contribution is 2.50. The number of phosphoric ester groups is 6. The van der Waals surface area contributed by atoms with Gasteiger partial charge in [0, 0.05) is 6.66 Å². The molecule has 0 radical (unpaired) electrons. The third-order valence-corrected chi connectivity index (χ3v) is 12.7. The van der Waals surface area contributed by atoms with Crippen LogP contribution in [0.4, 0.5) is 0 Å². The number of aliphatic hydroxyl groups is 1. The van der Waals surface area contributed by atoms with E-state index >= 15 is 0 Å². The second-order valence-electron chi connectivity index (χ2n) is 11.3. The molecular weight excluding hydrogens is 1000 g/mol. The molecule has 0 spiro atoms. The van der Waals surface area contributed by atoms with Crippen LogP contribution in [0.15, 0.2) is 0 Å². The van der Waals surface area contributed by atoms with E-state index in [4.69, 9.17) is 27.9 Å². The highest BCUT2D eigenvalue weighted by atomic mass is 31.2. The Morgan fingerprint density at radius 1 is 0.403 bits per heavy atom. The Labute approximate surface area is 356 Å². The smallest absolute Gasteiger partial charge is 0.394 e. The normalized spacial score (nSPS) is 20.1. The third kappa shape index (κ3) is 37.7. The summed E-state index contributed by atoms with van der Waals surface area (Å²) in [6.45, 7) is -8.16. The minimum atomic E-state index is -4.96. The van der Waals surface area contributed by atoms with Crippen molar-refractivity contribution in [3.63, 3.8) is 0 Å². The van der Waals surface area contributed by atoms with Crippen LogP contribution in [-0.2, 0) is 100 Å². The van der Waals surface area contributed by atoms with Crippen LogP contribution in [0.5, 0.6) is 0 Å². The van der Waals surface area contributed by atoms with Gasteiger partial charge in [0.2, 0.25) is 0 Å². The van der Waals surface area contributed by atoms with Crippen LogP contribution in [0.2, 0.25) is 0 Å². The van der Waals surface area contributed by atoms with Crippen molar-refractivity contribution in [1.29, 1.82) is 0 Å². The fourth-order valence-electron chi connectivity index (χ4n) is 3.47. The number of rotatable bonds is 43. The van der Waals surface area contributed by atoms with Crippen molar-refractivity contribution in [2.24, 2.45) is 0 Å². The lowest BCUT2D eigenvalue weighted by Gasteiger charge is -2.22. The molecule has 32 nitrogen and oxygen atoms in total. The van der Waals surface area contributed by atoms with Crippen molar-refractivity contribution in [3.8, 4) is 0 Å². The number of hydrogen-bond donors (Lipinski definition) is 10. The van der Waals surface area contributed by atoms with Crippen LogP contribution in [0.1, 0.15) is 12.8 Å². The van der Waals surface area contributed by atoms with Crippen molar-refractivity contribution >= 4 is 54.5 Å². The highest BCUT2D eigenvalue weighted by molar-refractivity contribution is 7.52. The quantitative estimate of drug-likeness (QED) is 0.0226. The van der Waals surface area contributed by atoms with Gasteiger partial charge in [0.05, 0.1) is 118 Å². The first-order valence-corrected chi connectivity index (χ1v) is 28.5. The summed E-state index contributed by atoms with van der Waals surface area (Å²) in [4.78, 5) is 67.9. The Kier molecular flexibility index (Phi) is 32.7. The lowest BCUT2D eigenvalue weighted by atomic mass is 10.3. The molecule has 0 fully saturated rings. The molecule has 0 amide bonds. The molecule has 0 saturated heterocycles. The van der Waals surface area contributed by atoms with Gasteiger partial charge in [-0.15, -0.1) is 0 Å². The first-order chi connectivity index (χ1) is 28.7. The van der Waals surface area contributed by atoms with Crippen molar-refractivity contribution in [3.05, 3.63) is 0 Å². The maximum atomic E-state index is 12.3. The molecule has 374 valence electrons. The van der Waals surface area contributed by atoms with Crippen LogP contribution in [0.3, 0.4) is 0 Å². The van der Waals surface area contributed by atoms with E-state index in [1.165, 1.54) is 0 Å². The Morgan fingerprint density at radius 3 is 0.984 bits per heavy atom.